The number of hydrogen-bond donors (Lipinski definition) is 1. The van der Waals surface area contributed by atoms with Gasteiger partial charge in [-0.05, 0) is 47.5 Å². The number of nitrogens with one attached hydrogen (secondary N) is 1. The van der Waals surface area contributed by atoms with E-state index in [1.54, 1.807) is 18.2 Å². The molecule has 37 heavy (non-hydrogen) atoms. The molecule has 5 rings (SSSR count). The predicted octanol–water partition coefficient (Wildman–Crippen LogP) is 6.17. The second-order valence-electron chi connectivity index (χ2n) is 8.45. The van der Waals surface area contributed by atoms with Gasteiger partial charge in [-0.2, -0.15) is 0 Å². The lowest BCUT2D eigenvalue weighted by molar-refractivity contribution is -0.142. The number of methoxy groups -OCH3 is 1. The Balaban J connectivity index is 1.42. The van der Waals surface area contributed by atoms with Crippen molar-refractivity contribution < 1.29 is 23.5 Å². The molecule has 0 saturated carbocycles. The molecule has 0 aliphatic carbocycles. The second kappa shape index (κ2) is 10.8. The van der Waals surface area contributed by atoms with Crippen LogP contribution in [0.1, 0.15) is 27.5 Å². The molecule has 1 N–H and O–H groups in total. The maximum absolute atomic E-state index is 13.3. The fourth-order valence-corrected chi connectivity index (χ4v) is 4.17. The number of benzene rings is 4. The summed E-state index contributed by atoms with van der Waals surface area (Å²) in [6.07, 6.45) is 0. The van der Waals surface area contributed by atoms with Crippen molar-refractivity contribution in [3.63, 3.8) is 0 Å². The number of para-hydroxylation sites is 1. The van der Waals surface area contributed by atoms with E-state index in [2.05, 4.69) is 10.1 Å². The van der Waals surface area contributed by atoms with Gasteiger partial charge >= 0.3 is 5.97 Å². The topological polar surface area (TPSA) is 77.8 Å². The van der Waals surface area contributed by atoms with Gasteiger partial charge in [0.25, 0.3) is 5.91 Å². The van der Waals surface area contributed by atoms with E-state index in [9.17, 15) is 9.59 Å². The maximum atomic E-state index is 13.3. The summed E-state index contributed by atoms with van der Waals surface area (Å²) >= 11 is 0. The first kappa shape index (κ1) is 23.9. The summed E-state index contributed by atoms with van der Waals surface area (Å²) in [6.45, 7) is -0.206. The molecule has 0 spiro atoms. The smallest absolute Gasteiger partial charge is 0.343 e. The molecular weight excluding hydrogens is 466 g/mol. The van der Waals surface area contributed by atoms with Crippen molar-refractivity contribution in [2.45, 2.75) is 6.04 Å². The first-order valence-electron chi connectivity index (χ1n) is 11.9. The third kappa shape index (κ3) is 5.38. The van der Waals surface area contributed by atoms with Gasteiger partial charge in [-0.25, -0.2) is 4.79 Å². The summed E-state index contributed by atoms with van der Waals surface area (Å²) < 4.78 is 16.3. The van der Waals surface area contributed by atoms with Crippen molar-refractivity contribution >= 4 is 22.8 Å². The van der Waals surface area contributed by atoms with Gasteiger partial charge in [-0.1, -0.05) is 72.8 Å². The van der Waals surface area contributed by atoms with Crippen LogP contribution in [0.5, 0.6) is 5.75 Å². The lowest BCUT2D eigenvalue weighted by atomic mass is 9.98. The Morgan fingerprint density at radius 3 is 2.14 bits per heavy atom. The minimum absolute atomic E-state index is 0.191. The van der Waals surface area contributed by atoms with Crippen molar-refractivity contribution in [3.05, 3.63) is 126 Å². The molecule has 0 fully saturated rings. The van der Waals surface area contributed by atoms with Crippen LogP contribution in [0.25, 0.3) is 22.3 Å². The Morgan fingerprint density at radius 2 is 1.46 bits per heavy atom. The molecule has 184 valence electrons. The third-order valence-corrected chi connectivity index (χ3v) is 6.05. The monoisotopic (exact) mass is 491 g/mol. The van der Waals surface area contributed by atoms with Gasteiger partial charge in [-0.15, -0.1) is 0 Å². The molecule has 6 nitrogen and oxygen atoms in total. The Morgan fingerprint density at radius 1 is 0.811 bits per heavy atom. The molecule has 4 aromatic carbocycles. The van der Waals surface area contributed by atoms with Crippen LogP contribution in [0.2, 0.25) is 0 Å². The van der Waals surface area contributed by atoms with Gasteiger partial charge in [0.15, 0.2) is 6.61 Å². The van der Waals surface area contributed by atoms with Crippen molar-refractivity contribution in [2.24, 2.45) is 0 Å². The van der Waals surface area contributed by atoms with Crippen LogP contribution in [0.4, 0.5) is 0 Å². The van der Waals surface area contributed by atoms with E-state index in [0.717, 1.165) is 16.5 Å². The first-order chi connectivity index (χ1) is 18.1. The highest BCUT2D eigenvalue weighted by Crippen LogP contribution is 2.34. The van der Waals surface area contributed by atoms with Crippen LogP contribution in [0.3, 0.4) is 0 Å². The molecule has 0 aliphatic heterocycles. The average Bonchev–Trinajstić information content (AvgIpc) is 3.39. The number of carbonyl (C=O) groups excluding carboxylic acids is 2. The number of hydrogen-bond acceptors (Lipinski definition) is 5. The highest BCUT2D eigenvalue weighted by molar-refractivity contribution is 5.99. The molecule has 0 bridgehead atoms. The molecule has 5 aromatic rings. The van der Waals surface area contributed by atoms with Crippen LogP contribution in [0.15, 0.2) is 114 Å². The highest BCUT2D eigenvalue weighted by atomic mass is 16.6. The van der Waals surface area contributed by atoms with Crippen LogP contribution in [-0.2, 0) is 9.53 Å². The zero-order valence-corrected chi connectivity index (χ0v) is 20.2. The summed E-state index contributed by atoms with van der Waals surface area (Å²) in [5.74, 6) is 0.404. The van der Waals surface area contributed by atoms with E-state index in [0.29, 0.717) is 28.2 Å². The number of rotatable bonds is 8. The lowest BCUT2D eigenvalue weighted by Crippen LogP contribution is -2.29. The molecule has 0 aliphatic rings. The van der Waals surface area contributed by atoms with Gasteiger partial charge in [0.05, 0.1) is 18.7 Å². The summed E-state index contributed by atoms with van der Waals surface area (Å²) in [5.41, 5.74) is 3.85. The molecule has 1 amide bonds. The van der Waals surface area contributed by atoms with Gasteiger partial charge in [0.1, 0.15) is 17.1 Å². The largest absolute Gasteiger partial charge is 0.481 e. The Kier molecular flexibility index (Phi) is 6.99. The summed E-state index contributed by atoms with van der Waals surface area (Å²) in [4.78, 5) is 24.9. The summed E-state index contributed by atoms with van der Waals surface area (Å²) in [5, 5.41) is 3.96. The molecule has 0 atom stereocenters. The van der Waals surface area contributed by atoms with Crippen LogP contribution in [-0.4, -0.2) is 25.6 Å². The van der Waals surface area contributed by atoms with Crippen LogP contribution >= 0.6 is 0 Å². The average molecular weight is 492 g/mol. The van der Waals surface area contributed by atoms with E-state index in [1.165, 1.54) is 7.11 Å². The zero-order chi connectivity index (χ0) is 25.6. The van der Waals surface area contributed by atoms with E-state index in [-0.39, 0.29) is 18.6 Å². The number of furan rings is 1. The van der Waals surface area contributed by atoms with E-state index in [4.69, 9.17) is 9.15 Å². The third-order valence-electron chi connectivity index (χ3n) is 6.05. The van der Waals surface area contributed by atoms with Gasteiger partial charge in [-0.3, -0.25) is 4.79 Å². The van der Waals surface area contributed by atoms with Crippen molar-refractivity contribution in [1.82, 2.24) is 5.32 Å². The molecule has 0 unspecified atom stereocenters. The van der Waals surface area contributed by atoms with Gasteiger partial charge in [0.2, 0.25) is 0 Å². The maximum Gasteiger partial charge on any atom is 0.343 e. The number of ether oxygens (including phenoxy) is 2. The van der Waals surface area contributed by atoms with Crippen LogP contribution in [0, 0.1) is 0 Å². The fraction of sp³-hybridized carbons (Fsp3) is 0.0968. The Bertz CT molecular complexity index is 1490. The molecule has 6 heteroatoms. The number of fused-ring (bicyclic) bond motifs is 1. The van der Waals surface area contributed by atoms with Gasteiger partial charge in [0, 0.05) is 10.9 Å². The molecule has 1 heterocycles. The molecule has 1 aromatic heterocycles. The summed E-state index contributed by atoms with van der Waals surface area (Å²) in [6, 6.07) is 34.0. The predicted molar refractivity (Wildman–Crippen MR) is 141 cm³/mol. The number of esters is 1. The van der Waals surface area contributed by atoms with Gasteiger partial charge < -0.3 is 19.2 Å². The minimum Gasteiger partial charge on any atom is -0.481 e. The van der Waals surface area contributed by atoms with E-state index < -0.39 is 5.97 Å². The normalized spacial score (nSPS) is 10.9. The van der Waals surface area contributed by atoms with E-state index >= 15 is 0 Å². The molecule has 0 saturated heterocycles. The zero-order valence-electron chi connectivity index (χ0n) is 20.2. The van der Waals surface area contributed by atoms with Crippen molar-refractivity contribution in [1.29, 1.82) is 0 Å². The molecule has 0 radical (unpaired) electrons. The number of amides is 1. The standard InChI is InChI=1S/C31H25NO5/c1-35-29(33)20-36-27-15-9-8-14-25(27)28-19-24-18-23(16-17-26(24)37-28)31(34)32-30(21-10-4-2-5-11-21)22-12-6-3-7-13-22/h2-19,30H,20H2,1H3,(H,32,34). The Hall–Kier alpha value is -4.84. The SMILES string of the molecule is COC(=O)COc1ccccc1-c1cc2cc(C(=O)NC(c3ccccc3)c3ccccc3)ccc2o1. The van der Waals surface area contributed by atoms with Crippen molar-refractivity contribution in [3.8, 4) is 17.1 Å². The van der Waals surface area contributed by atoms with E-state index in [1.807, 2.05) is 91.0 Å². The first-order valence-corrected chi connectivity index (χ1v) is 11.9. The lowest BCUT2D eigenvalue weighted by Gasteiger charge is -2.20. The Labute approximate surface area is 214 Å². The minimum atomic E-state index is -0.473. The fourth-order valence-electron chi connectivity index (χ4n) is 4.17. The number of carbonyl (C=O) groups is 2. The van der Waals surface area contributed by atoms with Crippen LogP contribution < -0.4 is 10.1 Å². The highest BCUT2D eigenvalue weighted by Gasteiger charge is 2.19. The van der Waals surface area contributed by atoms with Crippen molar-refractivity contribution in [2.75, 3.05) is 13.7 Å². The molecular formula is C31H25NO5. The second-order valence-corrected chi connectivity index (χ2v) is 8.45. The quantitative estimate of drug-likeness (QED) is 0.263. The summed E-state index contributed by atoms with van der Waals surface area (Å²) in [7, 11) is 1.31.